The highest BCUT2D eigenvalue weighted by Gasteiger charge is 2.31. The third-order valence-corrected chi connectivity index (χ3v) is 3.81. The molecule has 0 saturated carbocycles. The van der Waals surface area contributed by atoms with Crippen molar-refractivity contribution in [2.45, 2.75) is 6.04 Å². The van der Waals surface area contributed by atoms with Crippen molar-refractivity contribution in [2.75, 3.05) is 13.7 Å². The maximum absolute atomic E-state index is 12.6. The Balaban J connectivity index is 1.71. The molecule has 1 unspecified atom stereocenters. The molecule has 1 atom stereocenters. The fourth-order valence-electron chi connectivity index (χ4n) is 2.50. The van der Waals surface area contributed by atoms with Gasteiger partial charge in [-0.05, 0) is 36.4 Å². The Kier molecular flexibility index (Phi) is 4.99. The third kappa shape index (κ3) is 3.80. The Morgan fingerprint density at radius 3 is 2.28 bits per heavy atom. The van der Waals surface area contributed by atoms with Crippen LogP contribution in [-0.4, -0.2) is 36.5 Å². The molecular formula is C19H17N3O3. The van der Waals surface area contributed by atoms with E-state index < -0.39 is 12.0 Å². The molecule has 0 fully saturated rings. The molecule has 25 heavy (non-hydrogen) atoms. The van der Waals surface area contributed by atoms with Gasteiger partial charge in [-0.1, -0.05) is 30.4 Å². The first-order valence-corrected chi connectivity index (χ1v) is 7.81. The zero-order chi connectivity index (χ0) is 17.6. The van der Waals surface area contributed by atoms with E-state index in [-0.39, 0.29) is 5.91 Å². The lowest BCUT2D eigenvalue weighted by molar-refractivity contribution is -0.143. The van der Waals surface area contributed by atoms with E-state index in [1.807, 2.05) is 30.3 Å². The number of nitrogens with zero attached hydrogens (tertiary/aromatic N) is 3. The van der Waals surface area contributed by atoms with Gasteiger partial charge in [0.05, 0.1) is 18.5 Å². The van der Waals surface area contributed by atoms with Gasteiger partial charge in [0.2, 0.25) is 0 Å². The van der Waals surface area contributed by atoms with Crippen LogP contribution in [-0.2, 0) is 9.53 Å². The highest BCUT2D eigenvalue weighted by molar-refractivity contribution is 5.98. The van der Waals surface area contributed by atoms with Gasteiger partial charge in [-0.15, -0.1) is 0 Å². The second-order valence-corrected chi connectivity index (χ2v) is 5.44. The highest BCUT2D eigenvalue weighted by atomic mass is 16.5. The Hall–Kier alpha value is -3.28. The Labute approximate surface area is 145 Å². The average molecular weight is 335 g/mol. The number of hydrogen-bond donors (Lipinski definition) is 0. The third-order valence-electron chi connectivity index (χ3n) is 3.81. The van der Waals surface area contributed by atoms with Gasteiger partial charge in [0.1, 0.15) is 6.04 Å². The molecule has 0 aromatic heterocycles. The van der Waals surface area contributed by atoms with Crippen molar-refractivity contribution in [1.82, 2.24) is 4.90 Å². The molecule has 2 aromatic rings. The van der Waals surface area contributed by atoms with Crippen LogP contribution in [0.3, 0.4) is 0 Å². The van der Waals surface area contributed by atoms with Crippen molar-refractivity contribution in [2.24, 2.45) is 10.2 Å². The van der Waals surface area contributed by atoms with Crippen LogP contribution in [0.5, 0.6) is 0 Å². The van der Waals surface area contributed by atoms with Crippen LogP contribution in [0.15, 0.2) is 77.0 Å². The zero-order valence-corrected chi connectivity index (χ0v) is 13.7. The summed E-state index contributed by atoms with van der Waals surface area (Å²) in [5.74, 6) is -0.678. The van der Waals surface area contributed by atoms with E-state index in [9.17, 15) is 9.59 Å². The molecule has 2 aromatic carbocycles. The molecule has 6 heteroatoms. The molecule has 0 bridgehead atoms. The standard InChI is InChI=1S/C19H17N3O3/c1-25-19(24)17-8-5-13-22(17)18(23)14-9-11-16(12-10-14)21-20-15-6-3-2-4-7-15/h2-12,17H,13H2,1H3. The van der Waals surface area contributed by atoms with Crippen LogP contribution in [0, 0.1) is 0 Å². The molecule has 0 saturated heterocycles. The minimum atomic E-state index is -0.671. The van der Waals surface area contributed by atoms with Crippen molar-refractivity contribution in [3.05, 3.63) is 72.3 Å². The number of esters is 1. The number of rotatable bonds is 4. The topological polar surface area (TPSA) is 71.3 Å². The first kappa shape index (κ1) is 16.6. The number of amides is 1. The van der Waals surface area contributed by atoms with E-state index in [4.69, 9.17) is 4.74 Å². The molecule has 3 rings (SSSR count). The van der Waals surface area contributed by atoms with Crippen molar-refractivity contribution >= 4 is 23.3 Å². The van der Waals surface area contributed by atoms with Gasteiger partial charge in [-0.2, -0.15) is 10.2 Å². The number of benzene rings is 2. The normalized spacial score (nSPS) is 16.4. The van der Waals surface area contributed by atoms with Gasteiger partial charge < -0.3 is 9.64 Å². The van der Waals surface area contributed by atoms with Gasteiger partial charge in [0.15, 0.2) is 0 Å². The number of carbonyl (C=O) groups excluding carboxylic acids is 2. The van der Waals surface area contributed by atoms with Gasteiger partial charge in [-0.3, -0.25) is 4.79 Å². The lowest BCUT2D eigenvalue weighted by atomic mass is 10.1. The lowest BCUT2D eigenvalue weighted by Crippen LogP contribution is -2.41. The minimum absolute atomic E-state index is 0.230. The first-order chi connectivity index (χ1) is 12.2. The van der Waals surface area contributed by atoms with Crippen molar-refractivity contribution < 1.29 is 14.3 Å². The highest BCUT2D eigenvalue weighted by Crippen LogP contribution is 2.20. The largest absolute Gasteiger partial charge is 0.467 e. The van der Waals surface area contributed by atoms with Gasteiger partial charge in [-0.25, -0.2) is 4.79 Å². The number of carbonyl (C=O) groups is 2. The van der Waals surface area contributed by atoms with Gasteiger partial charge >= 0.3 is 5.97 Å². The predicted octanol–water partition coefficient (Wildman–Crippen LogP) is 3.66. The molecular weight excluding hydrogens is 318 g/mol. The maximum atomic E-state index is 12.6. The fourth-order valence-corrected chi connectivity index (χ4v) is 2.50. The van der Waals surface area contributed by atoms with E-state index >= 15 is 0 Å². The molecule has 0 aliphatic carbocycles. The quantitative estimate of drug-likeness (QED) is 0.486. The number of hydrogen-bond acceptors (Lipinski definition) is 5. The summed E-state index contributed by atoms with van der Waals surface area (Å²) in [6.45, 7) is 0.383. The first-order valence-electron chi connectivity index (χ1n) is 7.81. The predicted molar refractivity (Wildman–Crippen MR) is 93.0 cm³/mol. The summed E-state index contributed by atoms with van der Waals surface area (Å²) in [5.41, 5.74) is 1.88. The summed E-state index contributed by atoms with van der Waals surface area (Å²) in [7, 11) is 1.31. The molecule has 6 nitrogen and oxygen atoms in total. The molecule has 126 valence electrons. The summed E-state index contributed by atoms with van der Waals surface area (Å²) in [6.07, 6.45) is 3.45. The van der Waals surface area contributed by atoms with E-state index in [2.05, 4.69) is 10.2 Å². The molecule has 1 aliphatic rings. The Morgan fingerprint density at radius 1 is 1.00 bits per heavy atom. The number of ether oxygens (including phenoxy) is 1. The van der Waals surface area contributed by atoms with E-state index in [1.54, 1.807) is 36.4 Å². The molecule has 0 radical (unpaired) electrons. The number of methoxy groups -OCH3 is 1. The van der Waals surface area contributed by atoms with E-state index in [0.717, 1.165) is 5.69 Å². The minimum Gasteiger partial charge on any atom is -0.467 e. The van der Waals surface area contributed by atoms with Crippen LogP contribution in [0.4, 0.5) is 11.4 Å². The Morgan fingerprint density at radius 2 is 1.64 bits per heavy atom. The molecule has 1 heterocycles. The summed E-state index contributed by atoms with van der Waals surface area (Å²) in [4.78, 5) is 25.8. The summed E-state index contributed by atoms with van der Waals surface area (Å²) in [6, 6.07) is 15.5. The fraction of sp³-hybridized carbons (Fsp3) is 0.158. The number of azo groups is 1. The molecule has 1 aliphatic heterocycles. The smallest absolute Gasteiger partial charge is 0.332 e. The Bertz CT molecular complexity index is 814. The van der Waals surface area contributed by atoms with Crippen molar-refractivity contribution in [3.8, 4) is 0 Å². The van der Waals surface area contributed by atoms with E-state index in [0.29, 0.717) is 17.8 Å². The second kappa shape index (κ2) is 7.53. The SMILES string of the molecule is COC(=O)C1C=CCN1C(=O)c1ccc(N=Nc2ccccc2)cc1. The molecule has 0 spiro atoms. The van der Waals surface area contributed by atoms with Crippen molar-refractivity contribution in [3.63, 3.8) is 0 Å². The monoisotopic (exact) mass is 335 g/mol. The summed E-state index contributed by atoms with van der Waals surface area (Å²) in [5, 5.41) is 8.28. The van der Waals surface area contributed by atoms with Gasteiger partial charge in [0.25, 0.3) is 5.91 Å². The lowest BCUT2D eigenvalue weighted by Gasteiger charge is -2.22. The molecule has 1 amide bonds. The van der Waals surface area contributed by atoms with Crippen molar-refractivity contribution in [1.29, 1.82) is 0 Å². The van der Waals surface area contributed by atoms with Gasteiger partial charge in [0, 0.05) is 12.1 Å². The van der Waals surface area contributed by atoms with Crippen LogP contribution in [0.2, 0.25) is 0 Å². The van der Waals surface area contributed by atoms with Crippen LogP contribution < -0.4 is 0 Å². The summed E-state index contributed by atoms with van der Waals surface area (Å²) < 4.78 is 4.73. The summed E-state index contributed by atoms with van der Waals surface area (Å²) >= 11 is 0. The second-order valence-electron chi connectivity index (χ2n) is 5.44. The maximum Gasteiger partial charge on any atom is 0.332 e. The van der Waals surface area contributed by atoms with Crippen LogP contribution in [0.1, 0.15) is 10.4 Å². The van der Waals surface area contributed by atoms with E-state index in [1.165, 1.54) is 12.0 Å². The van der Waals surface area contributed by atoms with Crippen LogP contribution >= 0.6 is 0 Å². The van der Waals surface area contributed by atoms with Crippen LogP contribution in [0.25, 0.3) is 0 Å². The average Bonchev–Trinajstić information content (AvgIpc) is 3.16. The molecule has 0 N–H and O–H groups in total. The zero-order valence-electron chi connectivity index (χ0n) is 13.7.